The Morgan fingerprint density at radius 2 is 1.75 bits per heavy atom. The van der Waals surface area contributed by atoms with Gasteiger partial charge in [-0.05, 0) is 43.4 Å². The monoisotopic (exact) mass is 299 g/mol. The molecule has 0 radical (unpaired) electrons. The van der Waals surface area contributed by atoms with Gasteiger partial charge in [-0.15, -0.1) is 12.4 Å². The van der Waals surface area contributed by atoms with Crippen LogP contribution >= 0.6 is 12.4 Å². The van der Waals surface area contributed by atoms with Crippen LogP contribution in [0, 0.1) is 25.1 Å². The second kappa shape index (κ2) is 6.57. The van der Waals surface area contributed by atoms with E-state index >= 15 is 0 Å². The normalized spacial score (nSPS) is 16.6. The van der Waals surface area contributed by atoms with Gasteiger partial charge in [-0.3, -0.25) is 5.41 Å². The standard InChI is InChI=1S/C16H22FNO.ClH/c1-11-8-13(9-12(2)15(11)17)16(6-4-5-7-16)10-14(18)19-3;/h8-9,18H,4-7,10H2,1-3H3;1H. The first-order valence-corrected chi connectivity index (χ1v) is 6.87. The second-order valence-corrected chi connectivity index (χ2v) is 5.72. The van der Waals surface area contributed by atoms with Gasteiger partial charge in [0.2, 0.25) is 0 Å². The Hall–Kier alpha value is -1.09. The summed E-state index contributed by atoms with van der Waals surface area (Å²) in [5.41, 5.74) is 2.54. The predicted molar refractivity (Wildman–Crippen MR) is 82.6 cm³/mol. The molecule has 0 spiro atoms. The van der Waals surface area contributed by atoms with Crippen molar-refractivity contribution in [2.75, 3.05) is 7.11 Å². The number of methoxy groups -OCH3 is 1. The molecule has 1 aliphatic carbocycles. The molecule has 1 fully saturated rings. The third-order valence-corrected chi connectivity index (χ3v) is 4.35. The van der Waals surface area contributed by atoms with Crippen molar-refractivity contribution in [3.63, 3.8) is 0 Å². The maximum Gasteiger partial charge on any atom is 0.180 e. The van der Waals surface area contributed by atoms with Gasteiger partial charge < -0.3 is 4.74 Å². The van der Waals surface area contributed by atoms with Crippen molar-refractivity contribution in [2.24, 2.45) is 0 Å². The highest BCUT2D eigenvalue weighted by Gasteiger charge is 2.37. The number of aryl methyl sites for hydroxylation is 2. The fraction of sp³-hybridized carbons (Fsp3) is 0.562. The summed E-state index contributed by atoms with van der Waals surface area (Å²) in [5.74, 6) is 0.209. The molecule has 1 saturated carbocycles. The SMILES string of the molecule is COC(=N)CC1(c2cc(C)c(F)c(C)c2)CCCC1.Cl. The van der Waals surface area contributed by atoms with Crippen LogP contribution in [0.4, 0.5) is 4.39 Å². The summed E-state index contributed by atoms with van der Waals surface area (Å²) >= 11 is 0. The van der Waals surface area contributed by atoms with Crippen LogP contribution in [0.2, 0.25) is 0 Å². The van der Waals surface area contributed by atoms with E-state index in [1.807, 2.05) is 26.0 Å². The lowest BCUT2D eigenvalue weighted by Crippen LogP contribution is -2.26. The van der Waals surface area contributed by atoms with Gasteiger partial charge in [0.1, 0.15) is 5.82 Å². The third kappa shape index (κ3) is 3.14. The molecule has 2 rings (SSSR count). The number of rotatable bonds is 3. The maximum atomic E-state index is 13.8. The van der Waals surface area contributed by atoms with Crippen LogP contribution in [0.1, 0.15) is 48.8 Å². The van der Waals surface area contributed by atoms with Crippen molar-refractivity contribution in [3.05, 3.63) is 34.6 Å². The average molecular weight is 300 g/mol. The van der Waals surface area contributed by atoms with Gasteiger partial charge >= 0.3 is 0 Å². The Bertz CT molecular complexity index is 472. The average Bonchev–Trinajstić information content (AvgIpc) is 2.84. The number of hydrogen-bond acceptors (Lipinski definition) is 2. The molecular formula is C16H23ClFNO. The Morgan fingerprint density at radius 1 is 1.25 bits per heavy atom. The maximum absolute atomic E-state index is 13.8. The van der Waals surface area contributed by atoms with Crippen LogP contribution in [0.25, 0.3) is 0 Å². The minimum absolute atomic E-state index is 0. The van der Waals surface area contributed by atoms with Crippen LogP contribution in [-0.4, -0.2) is 13.0 Å². The molecule has 0 aliphatic heterocycles. The van der Waals surface area contributed by atoms with Crippen molar-refractivity contribution in [2.45, 2.75) is 51.4 Å². The molecule has 1 N–H and O–H groups in total. The first kappa shape index (κ1) is 17.0. The van der Waals surface area contributed by atoms with Gasteiger partial charge in [0.15, 0.2) is 5.90 Å². The van der Waals surface area contributed by atoms with E-state index in [2.05, 4.69) is 0 Å². The largest absolute Gasteiger partial charge is 0.484 e. The van der Waals surface area contributed by atoms with Gasteiger partial charge in [0.25, 0.3) is 0 Å². The van der Waals surface area contributed by atoms with Crippen LogP contribution in [0.3, 0.4) is 0 Å². The first-order valence-electron chi connectivity index (χ1n) is 6.87. The molecule has 0 amide bonds. The lowest BCUT2D eigenvalue weighted by atomic mass is 9.75. The molecule has 0 saturated heterocycles. The van der Waals surface area contributed by atoms with E-state index in [1.54, 1.807) is 7.11 Å². The van der Waals surface area contributed by atoms with Crippen LogP contribution < -0.4 is 0 Å². The van der Waals surface area contributed by atoms with Crippen molar-refractivity contribution in [3.8, 4) is 0 Å². The number of halogens is 2. The van der Waals surface area contributed by atoms with Crippen LogP contribution in [0.5, 0.6) is 0 Å². The van der Waals surface area contributed by atoms with Gasteiger partial charge in [0, 0.05) is 11.8 Å². The van der Waals surface area contributed by atoms with Gasteiger partial charge in [-0.2, -0.15) is 0 Å². The third-order valence-electron chi connectivity index (χ3n) is 4.35. The summed E-state index contributed by atoms with van der Waals surface area (Å²) in [4.78, 5) is 0. The molecule has 0 bridgehead atoms. The number of nitrogens with one attached hydrogen (secondary N) is 1. The minimum Gasteiger partial charge on any atom is -0.484 e. The number of benzene rings is 1. The smallest absolute Gasteiger partial charge is 0.180 e. The molecule has 1 aliphatic rings. The molecule has 1 aromatic carbocycles. The topological polar surface area (TPSA) is 33.1 Å². The molecular weight excluding hydrogens is 277 g/mol. The fourth-order valence-electron chi connectivity index (χ4n) is 3.25. The summed E-state index contributed by atoms with van der Waals surface area (Å²) < 4.78 is 18.8. The fourth-order valence-corrected chi connectivity index (χ4v) is 3.25. The van der Waals surface area contributed by atoms with Gasteiger partial charge in [-0.25, -0.2) is 4.39 Å². The van der Waals surface area contributed by atoms with Crippen LogP contribution in [0.15, 0.2) is 12.1 Å². The number of ether oxygens (including phenoxy) is 1. The summed E-state index contributed by atoms with van der Waals surface area (Å²) in [6, 6.07) is 3.91. The summed E-state index contributed by atoms with van der Waals surface area (Å²) in [5, 5.41) is 7.83. The van der Waals surface area contributed by atoms with Crippen molar-refractivity contribution in [1.29, 1.82) is 5.41 Å². The zero-order valence-corrected chi connectivity index (χ0v) is 13.2. The lowest BCUT2D eigenvalue weighted by molar-refractivity contribution is 0.349. The highest BCUT2D eigenvalue weighted by molar-refractivity contribution is 5.85. The lowest BCUT2D eigenvalue weighted by Gasteiger charge is -2.30. The molecule has 1 aromatic rings. The van der Waals surface area contributed by atoms with E-state index in [4.69, 9.17) is 10.1 Å². The highest BCUT2D eigenvalue weighted by Crippen LogP contribution is 2.44. The Balaban J connectivity index is 0.00000200. The molecule has 112 valence electrons. The van der Waals surface area contributed by atoms with Crippen LogP contribution in [-0.2, 0) is 10.2 Å². The van der Waals surface area contributed by atoms with E-state index in [0.717, 1.165) is 12.8 Å². The second-order valence-electron chi connectivity index (χ2n) is 5.72. The predicted octanol–water partition coefficient (Wildman–Crippen LogP) is 4.69. The van der Waals surface area contributed by atoms with Crippen molar-refractivity contribution < 1.29 is 9.13 Å². The van der Waals surface area contributed by atoms with Crippen molar-refractivity contribution in [1.82, 2.24) is 0 Å². The molecule has 0 aromatic heterocycles. The number of hydrogen-bond donors (Lipinski definition) is 1. The molecule has 2 nitrogen and oxygen atoms in total. The van der Waals surface area contributed by atoms with E-state index in [9.17, 15) is 4.39 Å². The van der Waals surface area contributed by atoms with E-state index in [-0.39, 0.29) is 23.6 Å². The molecule has 0 heterocycles. The Morgan fingerprint density at radius 3 is 2.20 bits per heavy atom. The molecule has 0 atom stereocenters. The first-order chi connectivity index (χ1) is 8.98. The Labute approximate surface area is 126 Å². The van der Waals surface area contributed by atoms with E-state index in [0.29, 0.717) is 23.4 Å². The van der Waals surface area contributed by atoms with E-state index in [1.165, 1.54) is 18.4 Å². The highest BCUT2D eigenvalue weighted by atomic mass is 35.5. The van der Waals surface area contributed by atoms with Gasteiger partial charge in [-0.1, -0.05) is 25.0 Å². The van der Waals surface area contributed by atoms with E-state index < -0.39 is 0 Å². The molecule has 20 heavy (non-hydrogen) atoms. The molecule has 0 unspecified atom stereocenters. The van der Waals surface area contributed by atoms with Gasteiger partial charge in [0.05, 0.1) is 7.11 Å². The summed E-state index contributed by atoms with van der Waals surface area (Å²) in [7, 11) is 1.55. The quantitative estimate of drug-likeness (QED) is 0.637. The Kier molecular flexibility index (Phi) is 5.58. The van der Waals surface area contributed by atoms with Crippen molar-refractivity contribution >= 4 is 18.3 Å². The zero-order chi connectivity index (χ0) is 14.0. The summed E-state index contributed by atoms with van der Waals surface area (Å²) in [6.07, 6.45) is 5.08. The minimum atomic E-state index is -0.112. The zero-order valence-electron chi connectivity index (χ0n) is 12.4. The molecule has 4 heteroatoms. The summed E-state index contributed by atoms with van der Waals surface area (Å²) in [6.45, 7) is 3.63.